The molecule has 32 heavy (non-hydrogen) atoms. The van der Waals surface area contributed by atoms with Gasteiger partial charge in [0.05, 0.1) is 31.6 Å². The van der Waals surface area contributed by atoms with Gasteiger partial charge in [-0.15, -0.1) is 11.3 Å². The lowest BCUT2D eigenvalue weighted by molar-refractivity contribution is -0.122. The Kier molecular flexibility index (Phi) is 5.96. The Hall–Kier alpha value is -2.00. The molecule has 164 valence electrons. The first-order valence-corrected chi connectivity index (χ1v) is 13.2. The van der Waals surface area contributed by atoms with E-state index in [4.69, 9.17) is 16.6 Å². The number of aryl methyl sites for hydroxylation is 1. The number of benzene rings is 2. The Morgan fingerprint density at radius 2 is 2.00 bits per heavy atom. The SMILES string of the molecule is CCCCN1C(=O)/C(=C2/Sc3ccc(Cl)cc3N2C)SC1=Nc1ccc2sc(C)nc2c1. The van der Waals surface area contributed by atoms with Crippen LogP contribution >= 0.6 is 46.5 Å². The second-order valence-electron chi connectivity index (χ2n) is 7.60. The van der Waals surface area contributed by atoms with Crippen LogP contribution in [0.4, 0.5) is 11.4 Å². The molecule has 2 aliphatic heterocycles. The Labute approximate surface area is 204 Å². The lowest BCUT2D eigenvalue weighted by Crippen LogP contribution is -2.30. The molecule has 9 heteroatoms. The van der Waals surface area contributed by atoms with Gasteiger partial charge in [-0.3, -0.25) is 9.69 Å². The fourth-order valence-corrected chi connectivity index (χ4v) is 6.99. The van der Waals surface area contributed by atoms with Gasteiger partial charge in [0.2, 0.25) is 0 Å². The van der Waals surface area contributed by atoms with Crippen molar-refractivity contribution < 1.29 is 4.79 Å². The zero-order valence-corrected chi connectivity index (χ0v) is 21.1. The van der Waals surface area contributed by atoms with Gasteiger partial charge in [-0.05, 0) is 61.5 Å². The lowest BCUT2D eigenvalue weighted by atomic mass is 10.3. The topological polar surface area (TPSA) is 48.8 Å². The van der Waals surface area contributed by atoms with Gasteiger partial charge in [-0.1, -0.05) is 36.7 Å². The number of aromatic nitrogens is 1. The molecule has 0 saturated carbocycles. The molecule has 0 spiro atoms. The van der Waals surface area contributed by atoms with Crippen LogP contribution in [-0.2, 0) is 4.79 Å². The normalized spacial score (nSPS) is 19.6. The highest BCUT2D eigenvalue weighted by atomic mass is 35.5. The summed E-state index contributed by atoms with van der Waals surface area (Å²) in [6, 6.07) is 11.9. The van der Waals surface area contributed by atoms with Crippen LogP contribution in [0, 0.1) is 6.92 Å². The van der Waals surface area contributed by atoms with Crippen molar-refractivity contribution in [2.75, 3.05) is 18.5 Å². The van der Waals surface area contributed by atoms with Crippen LogP contribution in [0.5, 0.6) is 0 Å². The molecule has 0 radical (unpaired) electrons. The van der Waals surface area contributed by atoms with Crippen LogP contribution in [0.3, 0.4) is 0 Å². The zero-order chi connectivity index (χ0) is 22.4. The summed E-state index contributed by atoms with van der Waals surface area (Å²) in [7, 11) is 1.98. The van der Waals surface area contributed by atoms with Crippen molar-refractivity contribution in [2.24, 2.45) is 4.99 Å². The number of amides is 1. The van der Waals surface area contributed by atoms with Gasteiger partial charge in [0.15, 0.2) is 5.17 Å². The number of unbranched alkanes of at least 4 members (excludes halogenated alkanes) is 1. The van der Waals surface area contributed by atoms with Crippen molar-refractivity contribution in [2.45, 2.75) is 31.6 Å². The Balaban J connectivity index is 1.53. The number of thiazole rings is 1. The molecule has 0 N–H and O–H groups in total. The molecule has 1 fully saturated rings. The van der Waals surface area contributed by atoms with Gasteiger partial charge in [0.25, 0.3) is 5.91 Å². The highest BCUT2D eigenvalue weighted by Crippen LogP contribution is 2.50. The van der Waals surface area contributed by atoms with E-state index in [1.54, 1.807) is 23.1 Å². The number of amidine groups is 1. The highest BCUT2D eigenvalue weighted by Gasteiger charge is 2.38. The summed E-state index contributed by atoms with van der Waals surface area (Å²) in [5.74, 6) is 0.0148. The summed E-state index contributed by atoms with van der Waals surface area (Å²) in [4.78, 5) is 28.6. The smallest absolute Gasteiger partial charge is 0.269 e. The van der Waals surface area contributed by atoms with E-state index in [0.29, 0.717) is 16.5 Å². The second-order valence-corrected chi connectivity index (χ2v) is 11.3. The first kappa shape index (κ1) is 21.8. The van der Waals surface area contributed by atoms with Gasteiger partial charge >= 0.3 is 0 Å². The van der Waals surface area contributed by atoms with Crippen LogP contribution in [-0.4, -0.2) is 34.6 Å². The van der Waals surface area contributed by atoms with Gasteiger partial charge in [-0.2, -0.15) is 0 Å². The number of fused-ring (bicyclic) bond motifs is 2. The molecule has 2 aliphatic rings. The second kappa shape index (κ2) is 8.74. The van der Waals surface area contributed by atoms with Crippen LogP contribution in [0.1, 0.15) is 24.8 Å². The maximum absolute atomic E-state index is 13.5. The molecular formula is C23H21ClN4OS3. The molecule has 3 heterocycles. The molecule has 0 bridgehead atoms. The third kappa shape index (κ3) is 3.94. The van der Waals surface area contributed by atoms with E-state index in [9.17, 15) is 4.79 Å². The minimum Gasteiger partial charge on any atom is -0.337 e. The maximum atomic E-state index is 13.5. The van der Waals surface area contributed by atoms with Crippen LogP contribution in [0.2, 0.25) is 5.02 Å². The molecule has 1 amide bonds. The molecule has 3 aromatic rings. The van der Waals surface area contributed by atoms with E-state index in [1.165, 1.54) is 11.8 Å². The number of aliphatic imine (C=N–C) groups is 1. The van der Waals surface area contributed by atoms with E-state index in [2.05, 4.69) is 22.9 Å². The van der Waals surface area contributed by atoms with E-state index in [-0.39, 0.29) is 5.91 Å². The van der Waals surface area contributed by atoms with Crippen molar-refractivity contribution in [3.05, 3.63) is 56.4 Å². The number of anilines is 1. The zero-order valence-electron chi connectivity index (χ0n) is 17.9. The molecular weight excluding hydrogens is 480 g/mol. The number of carbonyl (C=O) groups is 1. The van der Waals surface area contributed by atoms with Crippen molar-refractivity contribution in [3.63, 3.8) is 0 Å². The third-order valence-electron chi connectivity index (χ3n) is 5.29. The first-order chi connectivity index (χ1) is 15.4. The number of hydrogen-bond acceptors (Lipinski definition) is 7. The Morgan fingerprint density at radius 3 is 2.81 bits per heavy atom. The minimum atomic E-state index is 0.0148. The fraction of sp³-hybridized carbons (Fsp3) is 0.261. The quantitative estimate of drug-likeness (QED) is 0.360. The molecule has 0 unspecified atom stereocenters. The van der Waals surface area contributed by atoms with Crippen LogP contribution in [0.25, 0.3) is 10.2 Å². The molecule has 5 rings (SSSR count). The fourth-order valence-electron chi connectivity index (χ4n) is 3.66. The predicted octanol–water partition coefficient (Wildman–Crippen LogP) is 7.03. The summed E-state index contributed by atoms with van der Waals surface area (Å²) < 4.78 is 1.15. The number of nitrogens with zero attached hydrogens (tertiary/aromatic N) is 4. The molecule has 1 saturated heterocycles. The number of thioether (sulfide) groups is 2. The average Bonchev–Trinajstić information content (AvgIpc) is 3.39. The minimum absolute atomic E-state index is 0.0148. The number of carbonyl (C=O) groups excluding carboxylic acids is 1. The van der Waals surface area contributed by atoms with E-state index in [1.807, 2.05) is 49.2 Å². The van der Waals surface area contributed by atoms with Crippen molar-refractivity contribution in [1.29, 1.82) is 0 Å². The summed E-state index contributed by atoms with van der Waals surface area (Å²) in [5.41, 5.74) is 2.78. The van der Waals surface area contributed by atoms with Gasteiger partial charge < -0.3 is 4.90 Å². The molecule has 0 atom stereocenters. The predicted molar refractivity (Wildman–Crippen MR) is 138 cm³/mol. The van der Waals surface area contributed by atoms with E-state index >= 15 is 0 Å². The van der Waals surface area contributed by atoms with Gasteiger partial charge in [0, 0.05) is 23.5 Å². The van der Waals surface area contributed by atoms with E-state index < -0.39 is 0 Å². The first-order valence-electron chi connectivity index (χ1n) is 10.4. The Bertz CT molecular complexity index is 1300. The standard InChI is InChI=1S/C23H21ClN4OS3/c1-4-5-10-28-21(29)20(22-27(3)17-11-14(24)6-8-19(17)31-22)32-23(28)26-15-7-9-18-16(12-15)25-13(2)30-18/h6-9,11-12H,4-5,10H2,1-3H3/b22-20-,26-23?. The monoisotopic (exact) mass is 500 g/mol. The number of rotatable bonds is 4. The van der Waals surface area contributed by atoms with Gasteiger partial charge in [-0.25, -0.2) is 9.98 Å². The van der Waals surface area contributed by atoms with Crippen molar-refractivity contribution in [3.8, 4) is 0 Å². The van der Waals surface area contributed by atoms with Crippen molar-refractivity contribution in [1.82, 2.24) is 9.88 Å². The van der Waals surface area contributed by atoms with Gasteiger partial charge in [0.1, 0.15) is 4.91 Å². The number of hydrogen-bond donors (Lipinski definition) is 0. The van der Waals surface area contributed by atoms with E-state index in [0.717, 1.165) is 54.5 Å². The lowest BCUT2D eigenvalue weighted by Gasteiger charge is -2.16. The Morgan fingerprint density at radius 1 is 1.16 bits per heavy atom. The molecule has 1 aromatic heterocycles. The van der Waals surface area contributed by atoms with Crippen LogP contribution < -0.4 is 4.90 Å². The average molecular weight is 501 g/mol. The molecule has 0 aliphatic carbocycles. The number of halogens is 1. The van der Waals surface area contributed by atoms with Crippen LogP contribution in [0.15, 0.2) is 56.2 Å². The highest BCUT2D eigenvalue weighted by molar-refractivity contribution is 8.19. The summed E-state index contributed by atoms with van der Waals surface area (Å²) in [6.45, 7) is 4.79. The maximum Gasteiger partial charge on any atom is 0.269 e. The largest absolute Gasteiger partial charge is 0.337 e. The molecule has 5 nitrogen and oxygen atoms in total. The summed E-state index contributed by atoms with van der Waals surface area (Å²) in [6.07, 6.45) is 1.94. The third-order valence-corrected chi connectivity index (χ3v) is 8.91. The molecule has 2 aromatic carbocycles. The summed E-state index contributed by atoms with van der Waals surface area (Å²) >= 11 is 10.9. The van der Waals surface area contributed by atoms with Crippen molar-refractivity contribution >= 4 is 79.1 Å². The summed E-state index contributed by atoms with van der Waals surface area (Å²) in [5, 5.41) is 3.37.